The zero-order valence-electron chi connectivity index (χ0n) is 15.9. The SMILES string of the molecule is C/C(=C/C(=O)c1ccccc1)NC1=C[C@@H]2O[C@@H](c3ccccc3)OC[C@H]2OC1=O. The van der Waals surface area contributed by atoms with Crippen molar-refractivity contribution in [2.24, 2.45) is 0 Å². The third-order valence-corrected chi connectivity index (χ3v) is 4.68. The van der Waals surface area contributed by atoms with Gasteiger partial charge in [-0.2, -0.15) is 0 Å². The fraction of sp³-hybridized carbons (Fsp3) is 0.217. The van der Waals surface area contributed by atoms with Gasteiger partial charge in [-0.25, -0.2) is 4.79 Å². The van der Waals surface area contributed by atoms with Crippen LogP contribution in [0.4, 0.5) is 0 Å². The Labute approximate surface area is 168 Å². The van der Waals surface area contributed by atoms with E-state index >= 15 is 0 Å². The molecule has 4 rings (SSSR count). The van der Waals surface area contributed by atoms with E-state index in [1.54, 1.807) is 37.3 Å². The molecule has 1 saturated heterocycles. The van der Waals surface area contributed by atoms with Crippen LogP contribution in [0.3, 0.4) is 0 Å². The van der Waals surface area contributed by atoms with Crippen molar-refractivity contribution in [2.75, 3.05) is 6.61 Å². The first-order chi connectivity index (χ1) is 14.1. The van der Waals surface area contributed by atoms with E-state index in [4.69, 9.17) is 14.2 Å². The number of carbonyl (C=O) groups excluding carboxylic acids is 2. The second kappa shape index (κ2) is 8.43. The lowest BCUT2D eigenvalue weighted by atomic mass is 10.1. The van der Waals surface area contributed by atoms with Gasteiger partial charge in [0.15, 0.2) is 18.2 Å². The molecule has 0 saturated carbocycles. The van der Waals surface area contributed by atoms with Gasteiger partial charge in [0, 0.05) is 22.9 Å². The molecule has 1 fully saturated rings. The fourth-order valence-corrected chi connectivity index (χ4v) is 3.24. The standard InChI is InChI=1S/C23H21NO5/c1-15(12-19(25)16-8-4-2-5-9-16)24-18-13-20-21(28-22(18)26)14-27-23(29-20)17-10-6-3-7-11-17/h2-13,20-21,23-24H,14H2,1H3/b15-12-/t20-,21+,23-/m0/s1. The molecule has 0 aromatic heterocycles. The lowest BCUT2D eigenvalue weighted by Gasteiger charge is -2.37. The predicted molar refractivity (Wildman–Crippen MR) is 106 cm³/mol. The smallest absolute Gasteiger partial charge is 0.354 e. The lowest BCUT2D eigenvalue weighted by molar-refractivity contribution is -0.252. The molecule has 29 heavy (non-hydrogen) atoms. The van der Waals surface area contributed by atoms with Gasteiger partial charge in [-0.3, -0.25) is 4.79 Å². The molecule has 0 radical (unpaired) electrons. The van der Waals surface area contributed by atoms with Crippen molar-refractivity contribution in [1.82, 2.24) is 5.32 Å². The number of benzene rings is 2. The first-order valence-corrected chi connectivity index (χ1v) is 9.39. The van der Waals surface area contributed by atoms with Crippen LogP contribution in [0.2, 0.25) is 0 Å². The van der Waals surface area contributed by atoms with E-state index in [1.165, 1.54) is 6.08 Å². The zero-order chi connectivity index (χ0) is 20.2. The van der Waals surface area contributed by atoms with Gasteiger partial charge in [0.1, 0.15) is 11.8 Å². The molecule has 1 N–H and O–H groups in total. The van der Waals surface area contributed by atoms with Gasteiger partial charge in [-0.15, -0.1) is 0 Å². The van der Waals surface area contributed by atoms with Crippen LogP contribution in [-0.2, 0) is 19.0 Å². The number of ether oxygens (including phenoxy) is 3. The highest BCUT2D eigenvalue weighted by atomic mass is 16.7. The minimum Gasteiger partial charge on any atom is -0.452 e. The summed E-state index contributed by atoms with van der Waals surface area (Å²) in [6.45, 7) is 1.97. The molecule has 2 aromatic rings. The van der Waals surface area contributed by atoms with Crippen molar-refractivity contribution in [2.45, 2.75) is 25.4 Å². The Morgan fingerprint density at radius 3 is 2.48 bits per heavy atom. The van der Waals surface area contributed by atoms with Gasteiger partial charge in [0.2, 0.25) is 0 Å². The summed E-state index contributed by atoms with van der Waals surface area (Å²) in [6, 6.07) is 18.5. The molecule has 3 atom stereocenters. The van der Waals surface area contributed by atoms with Crippen LogP contribution >= 0.6 is 0 Å². The molecule has 148 valence electrons. The topological polar surface area (TPSA) is 73.9 Å². The zero-order valence-corrected chi connectivity index (χ0v) is 15.9. The summed E-state index contributed by atoms with van der Waals surface area (Å²) in [6.07, 6.45) is 1.69. The predicted octanol–water partition coefficient (Wildman–Crippen LogP) is 3.29. The molecule has 0 spiro atoms. The van der Waals surface area contributed by atoms with Gasteiger partial charge >= 0.3 is 5.97 Å². The van der Waals surface area contributed by atoms with Crippen LogP contribution < -0.4 is 5.32 Å². The van der Waals surface area contributed by atoms with Crippen molar-refractivity contribution in [1.29, 1.82) is 0 Å². The number of rotatable bonds is 5. The third kappa shape index (κ3) is 4.45. The number of allylic oxidation sites excluding steroid dienone is 2. The normalized spacial score (nSPS) is 24.2. The summed E-state index contributed by atoms with van der Waals surface area (Å²) in [7, 11) is 0. The van der Waals surface area contributed by atoms with E-state index in [9.17, 15) is 9.59 Å². The van der Waals surface area contributed by atoms with Crippen LogP contribution in [0.1, 0.15) is 29.1 Å². The third-order valence-electron chi connectivity index (χ3n) is 4.68. The number of hydrogen-bond donors (Lipinski definition) is 1. The quantitative estimate of drug-likeness (QED) is 0.479. The molecule has 6 heteroatoms. The van der Waals surface area contributed by atoms with Gasteiger partial charge in [-0.1, -0.05) is 60.7 Å². The van der Waals surface area contributed by atoms with E-state index in [0.29, 0.717) is 11.3 Å². The second-order valence-electron chi connectivity index (χ2n) is 6.88. The molecule has 2 aromatic carbocycles. The molecule has 2 heterocycles. The summed E-state index contributed by atoms with van der Waals surface area (Å²) in [4.78, 5) is 24.6. The minimum absolute atomic E-state index is 0.148. The number of fused-ring (bicyclic) bond motifs is 1. The highest BCUT2D eigenvalue weighted by Gasteiger charge is 2.38. The van der Waals surface area contributed by atoms with E-state index in [2.05, 4.69) is 5.32 Å². The summed E-state index contributed by atoms with van der Waals surface area (Å²) in [5, 5.41) is 2.96. The Hall–Kier alpha value is -3.22. The van der Waals surface area contributed by atoms with Gasteiger partial charge < -0.3 is 19.5 Å². The fourth-order valence-electron chi connectivity index (χ4n) is 3.24. The molecule has 2 aliphatic rings. The molecular weight excluding hydrogens is 370 g/mol. The van der Waals surface area contributed by atoms with Crippen LogP contribution in [0.5, 0.6) is 0 Å². The van der Waals surface area contributed by atoms with Crippen LogP contribution in [-0.4, -0.2) is 30.6 Å². The van der Waals surface area contributed by atoms with E-state index in [1.807, 2.05) is 36.4 Å². The summed E-state index contributed by atoms with van der Waals surface area (Å²) >= 11 is 0. The Balaban J connectivity index is 1.47. The number of carbonyl (C=O) groups is 2. The number of nitrogens with one attached hydrogen (secondary N) is 1. The van der Waals surface area contributed by atoms with Gasteiger partial charge in [-0.05, 0) is 13.0 Å². The Morgan fingerprint density at radius 1 is 1.07 bits per heavy atom. The Bertz CT molecular complexity index is 952. The van der Waals surface area contributed by atoms with Crippen molar-refractivity contribution in [3.05, 3.63) is 95.3 Å². The average molecular weight is 391 g/mol. The summed E-state index contributed by atoms with van der Waals surface area (Å²) < 4.78 is 17.1. The van der Waals surface area contributed by atoms with Crippen LogP contribution in [0.25, 0.3) is 0 Å². The molecule has 0 aliphatic carbocycles. The van der Waals surface area contributed by atoms with Crippen LogP contribution in [0.15, 0.2) is 84.2 Å². The molecule has 0 unspecified atom stereocenters. The van der Waals surface area contributed by atoms with Crippen molar-refractivity contribution in [3.63, 3.8) is 0 Å². The molecular formula is C23H21NO5. The molecule has 6 nitrogen and oxygen atoms in total. The maximum atomic E-state index is 12.3. The van der Waals surface area contributed by atoms with E-state index < -0.39 is 24.5 Å². The highest BCUT2D eigenvalue weighted by Crippen LogP contribution is 2.30. The largest absolute Gasteiger partial charge is 0.452 e. The maximum Gasteiger partial charge on any atom is 0.354 e. The Kier molecular flexibility index (Phi) is 5.55. The van der Waals surface area contributed by atoms with Crippen molar-refractivity contribution < 1.29 is 23.8 Å². The Morgan fingerprint density at radius 2 is 1.76 bits per heavy atom. The summed E-state index contributed by atoms with van der Waals surface area (Å²) in [5.74, 6) is -0.652. The summed E-state index contributed by atoms with van der Waals surface area (Å²) in [5.41, 5.74) is 2.25. The highest BCUT2D eigenvalue weighted by molar-refractivity contribution is 6.04. The monoisotopic (exact) mass is 391 g/mol. The molecule has 2 aliphatic heterocycles. The van der Waals surface area contributed by atoms with E-state index in [0.717, 1.165) is 5.56 Å². The second-order valence-corrected chi connectivity index (χ2v) is 6.88. The van der Waals surface area contributed by atoms with Gasteiger partial charge in [0.05, 0.1) is 6.61 Å². The van der Waals surface area contributed by atoms with Gasteiger partial charge in [0.25, 0.3) is 0 Å². The van der Waals surface area contributed by atoms with Crippen LogP contribution in [0, 0.1) is 0 Å². The maximum absolute atomic E-state index is 12.3. The first-order valence-electron chi connectivity index (χ1n) is 9.39. The molecule has 0 amide bonds. The first kappa shape index (κ1) is 19.1. The number of hydrogen-bond acceptors (Lipinski definition) is 6. The number of ketones is 1. The lowest BCUT2D eigenvalue weighted by Crippen LogP contribution is -2.47. The number of esters is 1. The van der Waals surface area contributed by atoms with E-state index in [-0.39, 0.29) is 18.1 Å². The van der Waals surface area contributed by atoms with Crippen molar-refractivity contribution >= 4 is 11.8 Å². The average Bonchev–Trinajstić information content (AvgIpc) is 2.75. The minimum atomic E-state index is -0.525. The molecule has 0 bridgehead atoms. The van der Waals surface area contributed by atoms with Crippen molar-refractivity contribution in [3.8, 4) is 0 Å².